The highest BCUT2D eigenvalue weighted by Gasteiger charge is 2.38. The predicted molar refractivity (Wildman–Crippen MR) is 168 cm³/mol. The zero-order chi connectivity index (χ0) is 32.4. The van der Waals surface area contributed by atoms with Crippen LogP contribution in [0.25, 0.3) is 11.1 Å². The van der Waals surface area contributed by atoms with Gasteiger partial charge in [0.05, 0.1) is 23.6 Å². The summed E-state index contributed by atoms with van der Waals surface area (Å²) in [5.41, 5.74) is 6.35. The first-order chi connectivity index (χ1) is 20.8. The van der Waals surface area contributed by atoms with E-state index < -0.39 is 35.3 Å². The fourth-order valence-electron chi connectivity index (χ4n) is 5.18. The van der Waals surface area contributed by atoms with Crippen LogP contribution < -0.4 is 16.1 Å². The van der Waals surface area contributed by atoms with Crippen molar-refractivity contribution in [3.63, 3.8) is 0 Å². The van der Waals surface area contributed by atoms with Crippen LogP contribution in [-0.4, -0.2) is 40.2 Å². The highest BCUT2D eigenvalue weighted by molar-refractivity contribution is 5.92. The second-order valence-corrected chi connectivity index (χ2v) is 12.2. The van der Waals surface area contributed by atoms with Gasteiger partial charge in [0.15, 0.2) is 0 Å². The SMILES string of the molecule is Cc1cc(CCC[C@@H](C(=O)N[C@H](C(=O)NC(C)c2ccccc2)C(C)(C)C)C(O)C(=O)NO)ccc1-c1ccc(C#N)cc1. The van der Waals surface area contributed by atoms with Crippen molar-refractivity contribution in [1.82, 2.24) is 16.1 Å². The lowest BCUT2D eigenvalue weighted by Crippen LogP contribution is -2.56. The molecule has 0 saturated carbocycles. The molecule has 0 spiro atoms. The van der Waals surface area contributed by atoms with E-state index in [1.807, 2.05) is 95.3 Å². The molecule has 3 aromatic carbocycles. The van der Waals surface area contributed by atoms with Crippen LogP contribution >= 0.6 is 0 Å². The molecular formula is C35H42N4O5. The second-order valence-electron chi connectivity index (χ2n) is 12.2. The van der Waals surface area contributed by atoms with Gasteiger partial charge in [0.25, 0.3) is 5.91 Å². The molecule has 9 heteroatoms. The Hall–Kier alpha value is -4.52. The lowest BCUT2D eigenvalue weighted by molar-refractivity contribution is -0.147. The van der Waals surface area contributed by atoms with E-state index in [4.69, 9.17) is 10.5 Å². The van der Waals surface area contributed by atoms with Crippen LogP contribution in [0.4, 0.5) is 0 Å². The van der Waals surface area contributed by atoms with Gasteiger partial charge in [0, 0.05) is 0 Å². The molecule has 0 aliphatic rings. The van der Waals surface area contributed by atoms with E-state index in [0.29, 0.717) is 18.4 Å². The van der Waals surface area contributed by atoms with E-state index in [9.17, 15) is 19.5 Å². The largest absolute Gasteiger partial charge is 0.382 e. The number of aliphatic hydroxyl groups is 1. The molecule has 0 saturated heterocycles. The summed E-state index contributed by atoms with van der Waals surface area (Å²) < 4.78 is 0. The Kier molecular flexibility index (Phi) is 11.8. The lowest BCUT2D eigenvalue weighted by Gasteiger charge is -2.33. The summed E-state index contributed by atoms with van der Waals surface area (Å²) >= 11 is 0. The van der Waals surface area contributed by atoms with E-state index in [2.05, 4.69) is 16.7 Å². The van der Waals surface area contributed by atoms with Gasteiger partial charge >= 0.3 is 0 Å². The van der Waals surface area contributed by atoms with Crippen LogP contribution in [0.3, 0.4) is 0 Å². The number of aliphatic hydroxyl groups excluding tert-OH is 1. The monoisotopic (exact) mass is 598 g/mol. The van der Waals surface area contributed by atoms with Crippen LogP contribution in [0.15, 0.2) is 72.8 Å². The minimum atomic E-state index is -1.81. The highest BCUT2D eigenvalue weighted by Crippen LogP contribution is 2.27. The number of hydrogen-bond donors (Lipinski definition) is 5. The van der Waals surface area contributed by atoms with Crippen molar-refractivity contribution in [1.29, 1.82) is 5.26 Å². The molecule has 232 valence electrons. The molecule has 0 radical (unpaired) electrons. The lowest BCUT2D eigenvalue weighted by atomic mass is 9.84. The Labute approximate surface area is 259 Å². The second kappa shape index (κ2) is 15.3. The maximum absolute atomic E-state index is 13.5. The van der Waals surface area contributed by atoms with E-state index in [-0.39, 0.29) is 18.4 Å². The molecule has 3 aromatic rings. The molecule has 5 N–H and O–H groups in total. The molecular weight excluding hydrogens is 556 g/mol. The van der Waals surface area contributed by atoms with Crippen molar-refractivity contribution in [3.8, 4) is 17.2 Å². The van der Waals surface area contributed by atoms with Gasteiger partial charge in [-0.05, 0) is 78.5 Å². The molecule has 0 aliphatic heterocycles. The number of nitrogens with zero attached hydrogens (tertiary/aromatic N) is 1. The Morgan fingerprint density at radius 3 is 2.14 bits per heavy atom. The number of nitriles is 1. The van der Waals surface area contributed by atoms with Gasteiger partial charge in [-0.1, -0.05) is 81.4 Å². The molecule has 44 heavy (non-hydrogen) atoms. The summed E-state index contributed by atoms with van der Waals surface area (Å²) in [7, 11) is 0. The van der Waals surface area contributed by atoms with Crippen molar-refractivity contribution < 1.29 is 24.7 Å². The zero-order valence-electron chi connectivity index (χ0n) is 25.9. The summed E-state index contributed by atoms with van der Waals surface area (Å²) in [4.78, 5) is 39.1. The number of carbonyl (C=O) groups is 3. The van der Waals surface area contributed by atoms with Crippen molar-refractivity contribution in [2.75, 3.05) is 0 Å². The number of aryl methyl sites for hydroxylation is 2. The quantitative estimate of drug-likeness (QED) is 0.150. The van der Waals surface area contributed by atoms with Crippen LogP contribution in [0.5, 0.6) is 0 Å². The molecule has 2 unspecified atom stereocenters. The Balaban J connectivity index is 1.72. The Morgan fingerprint density at radius 1 is 0.909 bits per heavy atom. The molecule has 4 atom stereocenters. The highest BCUT2D eigenvalue weighted by atomic mass is 16.5. The summed E-state index contributed by atoms with van der Waals surface area (Å²) in [6.45, 7) is 9.31. The number of nitrogens with one attached hydrogen (secondary N) is 3. The van der Waals surface area contributed by atoms with Crippen LogP contribution in [-0.2, 0) is 20.8 Å². The average molecular weight is 599 g/mol. The van der Waals surface area contributed by atoms with Gasteiger partial charge in [-0.25, -0.2) is 5.48 Å². The van der Waals surface area contributed by atoms with E-state index in [1.54, 1.807) is 12.1 Å². The van der Waals surface area contributed by atoms with E-state index in [1.165, 1.54) is 5.48 Å². The van der Waals surface area contributed by atoms with E-state index in [0.717, 1.165) is 27.8 Å². The summed E-state index contributed by atoms with van der Waals surface area (Å²) in [5.74, 6) is -3.34. The van der Waals surface area contributed by atoms with Crippen LogP contribution in [0.1, 0.15) is 68.8 Å². The van der Waals surface area contributed by atoms with Crippen LogP contribution in [0.2, 0.25) is 0 Å². The van der Waals surface area contributed by atoms with Gasteiger partial charge in [-0.2, -0.15) is 5.26 Å². The van der Waals surface area contributed by atoms with Crippen molar-refractivity contribution >= 4 is 17.7 Å². The first-order valence-corrected chi connectivity index (χ1v) is 14.7. The maximum atomic E-state index is 13.5. The molecule has 0 aromatic heterocycles. The number of hydroxylamine groups is 1. The average Bonchev–Trinajstić information content (AvgIpc) is 3.01. The molecule has 0 heterocycles. The Bertz CT molecular complexity index is 1480. The molecule has 0 aliphatic carbocycles. The number of carbonyl (C=O) groups excluding carboxylic acids is 3. The van der Waals surface area contributed by atoms with Gasteiger partial charge in [-0.3, -0.25) is 19.6 Å². The fourth-order valence-corrected chi connectivity index (χ4v) is 5.18. The van der Waals surface area contributed by atoms with Crippen molar-refractivity contribution in [3.05, 3.63) is 95.1 Å². The number of benzene rings is 3. The summed E-state index contributed by atoms with van der Waals surface area (Å²) in [6.07, 6.45) is -0.646. The Morgan fingerprint density at radius 2 is 1.57 bits per heavy atom. The molecule has 0 bridgehead atoms. The first-order valence-electron chi connectivity index (χ1n) is 14.7. The standard InChI is InChI=1S/C35H42N4O5/c1-22-20-24(16-19-28(22)27-17-14-25(21-36)15-18-27)10-9-13-29(30(40)33(42)39-44)32(41)38-31(35(3,4)5)34(43)37-23(2)26-11-7-6-8-12-26/h6-8,11-12,14-20,23,29-31,40,44H,9-10,13H2,1-5H3,(H,37,43)(H,38,41)(H,39,42)/t23?,29-,30?,31-/m1/s1. The fraction of sp³-hybridized carbons (Fsp3) is 0.371. The molecule has 0 fully saturated rings. The van der Waals surface area contributed by atoms with Gasteiger partial charge < -0.3 is 15.7 Å². The van der Waals surface area contributed by atoms with Gasteiger partial charge in [-0.15, -0.1) is 0 Å². The third-order valence-corrected chi connectivity index (χ3v) is 7.77. The molecule has 3 rings (SSSR count). The third-order valence-electron chi connectivity index (χ3n) is 7.77. The number of amides is 3. The van der Waals surface area contributed by atoms with Crippen molar-refractivity contribution in [2.45, 2.75) is 72.1 Å². The summed E-state index contributed by atoms with van der Waals surface area (Å²) in [5, 5.41) is 34.6. The number of rotatable bonds is 12. The predicted octanol–water partition coefficient (Wildman–Crippen LogP) is 4.75. The van der Waals surface area contributed by atoms with Crippen molar-refractivity contribution in [2.24, 2.45) is 11.3 Å². The molecule has 9 nitrogen and oxygen atoms in total. The minimum Gasteiger partial charge on any atom is -0.382 e. The third kappa shape index (κ3) is 8.99. The molecule has 3 amide bonds. The summed E-state index contributed by atoms with van der Waals surface area (Å²) in [6, 6.07) is 23.7. The maximum Gasteiger partial charge on any atom is 0.272 e. The minimum absolute atomic E-state index is 0.135. The smallest absolute Gasteiger partial charge is 0.272 e. The van der Waals surface area contributed by atoms with Gasteiger partial charge in [0.1, 0.15) is 12.1 Å². The van der Waals surface area contributed by atoms with E-state index >= 15 is 0 Å². The normalized spacial score (nSPS) is 14.0. The van der Waals surface area contributed by atoms with Crippen LogP contribution in [0, 0.1) is 29.6 Å². The topological polar surface area (TPSA) is 152 Å². The van der Waals surface area contributed by atoms with Gasteiger partial charge in [0.2, 0.25) is 11.8 Å². The number of hydrogen-bond acceptors (Lipinski definition) is 6. The first kappa shape index (κ1) is 34.0. The zero-order valence-corrected chi connectivity index (χ0v) is 25.9.